The number of imidazole rings is 1. The van der Waals surface area contributed by atoms with Gasteiger partial charge >= 0.3 is 0 Å². The van der Waals surface area contributed by atoms with Crippen LogP contribution >= 0.6 is 0 Å². The van der Waals surface area contributed by atoms with Gasteiger partial charge in [0.2, 0.25) is 5.82 Å². The second-order valence-electron chi connectivity index (χ2n) is 6.08. The number of rotatable bonds is 5. The highest BCUT2D eigenvalue weighted by molar-refractivity contribution is 6.06. The zero-order chi connectivity index (χ0) is 20.4. The third-order valence-corrected chi connectivity index (χ3v) is 4.15. The van der Waals surface area contributed by atoms with Crippen molar-refractivity contribution >= 4 is 23.0 Å². The number of hydrogen-bond donors (Lipinski definition) is 2. The van der Waals surface area contributed by atoms with Crippen molar-refractivity contribution in [2.24, 2.45) is 0 Å². The maximum Gasteiger partial charge on any atom is 0.292 e. The van der Waals surface area contributed by atoms with Crippen molar-refractivity contribution in [3.8, 4) is 0 Å². The van der Waals surface area contributed by atoms with Gasteiger partial charge in [0.15, 0.2) is 5.69 Å². The highest BCUT2D eigenvalue weighted by Gasteiger charge is 2.22. The lowest BCUT2D eigenvalue weighted by Gasteiger charge is -2.05. The summed E-state index contributed by atoms with van der Waals surface area (Å²) in [5, 5.41) is 5.01. The van der Waals surface area contributed by atoms with Crippen molar-refractivity contribution < 1.29 is 22.8 Å². The Bertz CT molecular complexity index is 1200. The Kier molecular flexibility index (Phi) is 4.78. The van der Waals surface area contributed by atoms with Gasteiger partial charge in [-0.05, 0) is 36.4 Å². The first-order valence-corrected chi connectivity index (χ1v) is 8.57. The Hall–Kier alpha value is -4.01. The van der Waals surface area contributed by atoms with E-state index in [1.807, 2.05) is 0 Å². The molecule has 29 heavy (non-hydrogen) atoms. The molecule has 0 radical (unpaired) electrons. The van der Waals surface area contributed by atoms with Crippen LogP contribution in [-0.4, -0.2) is 21.2 Å². The number of carbonyl (C=O) groups excluding carboxylic acids is 2. The molecule has 0 atom stereocenters. The predicted octanol–water partition coefficient (Wildman–Crippen LogP) is 3.39. The van der Waals surface area contributed by atoms with E-state index in [1.54, 1.807) is 36.5 Å². The van der Waals surface area contributed by atoms with Crippen LogP contribution in [0.1, 0.15) is 26.9 Å². The van der Waals surface area contributed by atoms with E-state index in [4.69, 9.17) is 4.42 Å². The summed E-state index contributed by atoms with van der Waals surface area (Å²) in [5.74, 6) is -2.49. The largest absolute Gasteiger partial charge is 0.467 e. The monoisotopic (exact) mass is 396 g/mol. The van der Waals surface area contributed by atoms with Crippen molar-refractivity contribution in [1.82, 2.24) is 14.7 Å². The van der Waals surface area contributed by atoms with Crippen molar-refractivity contribution in [3.63, 3.8) is 0 Å². The van der Waals surface area contributed by atoms with Gasteiger partial charge in [-0.25, -0.2) is 13.8 Å². The Morgan fingerprint density at radius 1 is 1.07 bits per heavy atom. The van der Waals surface area contributed by atoms with Crippen LogP contribution in [0.2, 0.25) is 0 Å². The SMILES string of the molecule is O=C(NCc1ccco1)c1nc(C(=O)Nc2ccc(F)cc2F)n2ccccc12. The number of nitrogens with zero attached hydrogens (tertiary/aromatic N) is 2. The molecule has 0 bridgehead atoms. The summed E-state index contributed by atoms with van der Waals surface area (Å²) >= 11 is 0. The number of nitrogens with one attached hydrogen (secondary N) is 2. The normalized spacial score (nSPS) is 10.8. The van der Waals surface area contributed by atoms with Gasteiger partial charge in [-0.3, -0.25) is 14.0 Å². The van der Waals surface area contributed by atoms with Gasteiger partial charge < -0.3 is 15.1 Å². The molecule has 0 saturated carbocycles. The van der Waals surface area contributed by atoms with E-state index in [1.165, 1.54) is 10.7 Å². The van der Waals surface area contributed by atoms with Crippen LogP contribution in [0.3, 0.4) is 0 Å². The van der Waals surface area contributed by atoms with Crippen LogP contribution in [0.4, 0.5) is 14.5 Å². The van der Waals surface area contributed by atoms with Gasteiger partial charge in [0.1, 0.15) is 17.4 Å². The lowest BCUT2D eigenvalue weighted by Crippen LogP contribution is -2.23. The number of benzene rings is 1. The number of hydrogen-bond acceptors (Lipinski definition) is 4. The van der Waals surface area contributed by atoms with E-state index in [0.717, 1.165) is 12.1 Å². The summed E-state index contributed by atoms with van der Waals surface area (Å²) in [6.45, 7) is 0.153. The summed E-state index contributed by atoms with van der Waals surface area (Å²) < 4.78 is 33.5. The van der Waals surface area contributed by atoms with E-state index in [2.05, 4.69) is 15.6 Å². The molecular formula is C20H14F2N4O3. The molecule has 3 heterocycles. The smallest absolute Gasteiger partial charge is 0.292 e. The average molecular weight is 396 g/mol. The Morgan fingerprint density at radius 3 is 2.69 bits per heavy atom. The first-order chi connectivity index (χ1) is 14.0. The Morgan fingerprint density at radius 2 is 1.93 bits per heavy atom. The molecule has 2 amide bonds. The highest BCUT2D eigenvalue weighted by atomic mass is 19.1. The minimum absolute atomic E-state index is 0.0295. The summed E-state index contributed by atoms with van der Waals surface area (Å²) in [6, 6.07) is 11.2. The lowest BCUT2D eigenvalue weighted by molar-refractivity contribution is 0.0945. The number of pyridine rings is 1. The van der Waals surface area contributed by atoms with Gasteiger partial charge in [-0.2, -0.15) is 0 Å². The molecule has 4 aromatic rings. The lowest BCUT2D eigenvalue weighted by atomic mass is 10.3. The molecule has 146 valence electrons. The molecule has 0 fully saturated rings. The predicted molar refractivity (Wildman–Crippen MR) is 99.4 cm³/mol. The summed E-state index contributed by atoms with van der Waals surface area (Å²) in [4.78, 5) is 29.4. The molecular weight excluding hydrogens is 382 g/mol. The fourth-order valence-corrected chi connectivity index (χ4v) is 2.80. The minimum Gasteiger partial charge on any atom is -0.467 e. The molecule has 0 spiro atoms. The molecule has 4 rings (SSSR count). The van der Waals surface area contributed by atoms with E-state index in [-0.39, 0.29) is 23.8 Å². The van der Waals surface area contributed by atoms with Crippen molar-refractivity contribution in [2.75, 3.05) is 5.32 Å². The number of carbonyl (C=O) groups is 2. The van der Waals surface area contributed by atoms with Crippen LogP contribution in [0.5, 0.6) is 0 Å². The number of anilines is 1. The van der Waals surface area contributed by atoms with Crippen molar-refractivity contribution in [2.45, 2.75) is 6.54 Å². The van der Waals surface area contributed by atoms with Crippen LogP contribution < -0.4 is 10.6 Å². The van der Waals surface area contributed by atoms with Crippen LogP contribution in [0.15, 0.2) is 65.4 Å². The number of halogens is 2. The molecule has 2 N–H and O–H groups in total. The number of aromatic nitrogens is 2. The van der Waals surface area contributed by atoms with Crippen LogP contribution in [0.25, 0.3) is 5.52 Å². The Labute approximate surface area is 163 Å². The van der Waals surface area contributed by atoms with Gasteiger partial charge in [-0.15, -0.1) is 0 Å². The van der Waals surface area contributed by atoms with Crippen molar-refractivity contribution in [1.29, 1.82) is 0 Å². The minimum atomic E-state index is -0.921. The maximum absolute atomic E-state index is 13.9. The molecule has 0 saturated heterocycles. The number of fused-ring (bicyclic) bond motifs is 1. The zero-order valence-electron chi connectivity index (χ0n) is 14.9. The molecule has 0 unspecified atom stereocenters. The Balaban J connectivity index is 1.63. The summed E-state index contributed by atoms with van der Waals surface area (Å²) in [6.07, 6.45) is 3.05. The molecule has 0 aliphatic heterocycles. The summed E-state index contributed by atoms with van der Waals surface area (Å²) in [5.41, 5.74) is 0.226. The zero-order valence-corrected chi connectivity index (χ0v) is 14.9. The second-order valence-corrected chi connectivity index (χ2v) is 6.08. The van der Waals surface area contributed by atoms with Gasteiger partial charge in [0, 0.05) is 12.3 Å². The van der Waals surface area contributed by atoms with Gasteiger partial charge in [-0.1, -0.05) is 6.07 Å². The third-order valence-electron chi connectivity index (χ3n) is 4.15. The quantitative estimate of drug-likeness (QED) is 0.541. The number of amides is 2. The molecule has 9 heteroatoms. The molecule has 7 nitrogen and oxygen atoms in total. The molecule has 3 aromatic heterocycles. The summed E-state index contributed by atoms with van der Waals surface area (Å²) in [7, 11) is 0. The van der Waals surface area contributed by atoms with E-state index >= 15 is 0 Å². The van der Waals surface area contributed by atoms with Gasteiger partial charge in [0.05, 0.1) is 24.0 Å². The third kappa shape index (κ3) is 3.70. The highest BCUT2D eigenvalue weighted by Crippen LogP contribution is 2.18. The van der Waals surface area contributed by atoms with E-state index in [0.29, 0.717) is 17.3 Å². The fraction of sp³-hybridized carbons (Fsp3) is 0.0500. The molecule has 0 aliphatic rings. The maximum atomic E-state index is 13.9. The topological polar surface area (TPSA) is 88.6 Å². The standard InChI is InChI=1S/C20H14F2N4O3/c21-12-6-7-15(14(22)10-12)24-20(28)18-25-17(16-5-1-2-8-26(16)18)19(27)23-11-13-4-3-9-29-13/h1-10H,11H2,(H,23,27)(H,24,28). The molecule has 1 aromatic carbocycles. The number of furan rings is 1. The second kappa shape index (κ2) is 7.55. The van der Waals surface area contributed by atoms with Crippen molar-refractivity contribution in [3.05, 3.63) is 89.9 Å². The van der Waals surface area contributed by atoms with E-state index < -0.39 is 23.4 Å². The van der Waals surface area contributed by atoms with Crippen LogP contribution in [0, 0.1) is 11.6 Å². The molecule has 0 aliphatic carbocycles. The van der Waals surface area contributed by atoms with E-state index in [9.17, 15) is 18.4 Å². The fourth-order valence-electron chi connectivity index (χ4n) is 2.80. The van der Waals surface area contributed by atoms with Crippen LogP contribution in [-0.2, 0) is 6.54 Å². The van der Waals surface area contributed by atoms with Gasteiger partial charge in [0.25, 0.3) is 11.8 Å². The average Bonchev–Trinajstić information content (AvgIpc) is 3.36. The first-order valence-electron chi connectivity index (χ1n) is 8.57. The first kappa shape index (κ1) is 18.4.